The van der Waals surface area contributed by atoms with Gasteiger partial charge in [0.2, 0.25) is 5.91 Å². The zero-order valence-corrected chi connectivity index (χ0v) is 22.4. The van der Waals surface area contributed by atoms with Crippen molar-refractivity contribution in [2.75, 3.05) is 26.1 Å². The second-order valence-electron chi connectivity index (χ2n) is 8.68. The molecule has 3 amide bonds. The molecule has 1 N–H and O–H groups in total. The predicted molar refractivity (Wildman–Crippen MR) is 145 cm³/mol. The van der Waals surface area contributed by atoms with E-state index in [1.54, 1.807) is 48.7 Å². The van der Waals surface area contributed by atoms with Gasteiger partial charge in [0.1, 0.15) is 18.0 Å². The Morgan fingerprint density at radius 1 is 1.00 bits per heavy atom. The molecular weight excluding hydrogens is 474 g/mol. The Balaban J connectivity index is 1.81. The van der Waals surface area contributed by atoms with Crippen molar-refractivity contribution >= 4 is 29.0 Å². The second-order valence-corrected chi connectivity index (χ2v) is 9.68. The van der Waals surface area contributed by atoms with Crippen LogP contribution in [-0.2, 0) is 17.9 Å². The minimum atomic E-state index is -0.347. The van der Waals surface area contributed by atoms with Gasteiger partial charge in [0.05, 0.1) is 20.8 Å². The topological polar surface area (TPSA) is 71.1 Å². The zero-order chi connectivity index (χ0) is 26.1. The first-order chi connectivity index (χ1) is 17.3. The highest BCUT2D eigenvalue weighted by atomic mass is 32.1. The van der Waals surface area contributed by atoms with Crippen LogP contribution >= 0.6 is 11.3 Å². The van der Waals surface area contributed by atoms with Gasteiger partial charge in [-0.25, -0.2) is 4.79 Å². The van der Waals surface area contributed by atoms with Crippen LogP contribution in [0.15, 0.2) is 60.0 Å². The molecule has 0 saturated heterocycles. The highest BCUT2D eigenvalue weighted by Crippen LogP contribution is 2.26. The van der Waals surface area contributed by atoms with Gasteiger partial charge < -0.3 is 24.6 Å². The predicted octanol–water partition coefficient (Wildman–Crippen LogP) is 5.94. The summed E-state index contributed by atoms with van der Waals surface area (Å²) in [5.74, 6) is 1.03. The van der Waals surface area contributed by atoms with E-state index in [0.717, 1.165) is 16.0 Å². The Kier molecular flexibility index (Phi) is 9.76. The van der Waals surface area contributed by atoms with Gasteiger partial charge in [-0.3, -0.25) is 4.79 Å². The van der Waals surface area contributed by atoms with Gasteiger partial charge in [0.15, 0.2) is 0 Å². The van der Waals surface area contributed by atoms with Gasteiger partial charge in [-0.1, -0.05) is 37.3 Å². The van der Waals surface area contributed by atoms with Gasteiger partial charge >= 0.3 is 6.03 Å². The average Bonchev–Trinajstić information content (AvgIpc) is 3.30. The van der Waals surface area contributed by atoms with Crippen LogP contribution in [0.5, 0.6) is 11.5 Å². The van der Waals surface area contributed by atoms with Crippen LogP contribution in [0.3, 0.4) is 0 Å². The third-order valence-corrected chi connectivity index (χ3v) is 7.17. The molecule has 2 aromatic carbocycles. The van der Waals surface area contributed by atoms with Crippen molar-refractivity contribution in [2.24, 2.45) is 0 Å². The van der Waals surface area contributed by atoms with E-state index < -0.39 is 0 Å². The van der Waals surface area contributed by atoms with Crippen molar-refractivity contribution in [3.8, 4) is 11.5 Å². The average molecular weight is 510 g/mol. The molecule has 0 aliphatic heterocycles. The molecule has 0 aliphatic carbocycles. The molecule has 3 aromatic rings. The molecule has 3 rings (SSSR count). The molecule has 36 heavy (non-hydrogen) atoms. The number of anilines is 1. The van der Waals surface area contributed by atoms with E-state index in [-0.39, 0.29) is 24.5 Å². The summed E-state index contributed by atoms with van der Waals surface area (Å²) in [5.41, 5.74) is 2.74. The number of nitrogens with one attached hydrogen (secondary N) is 1. The number of hydrogen-bond acceptors (Lipinski definition) is 5. The first-order valence-electron chi connectivity index (χ1n) is 12.0. The number of benzene rings is 2. The lowest BCUT2D eigenvalue weighted by Crippen LogP contribution is -2.47. The summed E-state index contributed by atoms with van der Waals surface area (Å²) in [6.07, 6.45) is 0.713. The molecule has 1 aromatic heterocycles. The van der Waals surface area contributed by atoms with E-state index in [2.05, 4.69) is 18.3 Å². The normalized spacial score (nSPS) is 11.5. The number of thiophene rings is 1. The molecule has 0 saturated carbocycles. The number of carbonyl (C=O) groups is 2. The van der Waals surface area contributed by atoms with E-state index in [4.69, 9.17) is 9.47 Å². The third-order valence-electron chi connectivity index (χ3n) is 6.16. The van der Waals surface area contributed by atoms with Gasteiger partial charge in [0, 0.05) is 41.4 Å². The van der Waals surface area contributed by atoms with Crippen molar-refractivity contribution in [3.63, 3.8) is 0 Å². The van der Waals surface area contributed by atoms with Crippen LogP contribution in [0.1, 0.15) is 36.3 Å². The lowest BCUT2D eigenvalue weighted by atomic mass is 10.2. The van der Waals surface area contributed by atoms with Crippen molar-refractivity contribution in [1.82, 2.24) is 9.80 Å². The summed E-state index contributed by atoms with van der Waals surface area (Å²) in [5, 5.41) is 4.95. The molecule has 0 fully saturated rings. The molecule has 192 valence electrons. The quantitative estimate of drug-likeness (QED) is 0.348. The van der Waals surface area contributed by atoms with Crippen molar-refractivity contribution in [2.45, 2.75) is 46.3 Å². The molecule has 7 nitrogen and oxygen atoms in total. The van der Waals surface area contributed by atoms with Gasteiger partial charge in [-0.15, -0.1) is 11.3 Å². The molecular formula is C28H35N3O4S. The van der Waals surface area contributed by atoms with E-state index >= 15 is 0 Å². The summed E-state index contributed by atoms with van der Waals surface area (Å²) >= 11 is 1.64. The fraction of sp³-hybridized carbons (Fsp3) is 0.357. The number of carbonyl (C=O) groups excluding carboxylic acids is 2. The van der Waals surface area contributed by atoms with Crippen molar-refractivity contribution in [1.29, 1.82) is 0 Å². The Bertz CT molecular complexity index is 1130. The third kappa shape index (κ3) is 7.24. The first kappa shape index (κ1) is 27.1. The number of urea groups is 1. The maximum atomic E-state index is 13.6. The lowest BCUT2D eigenvalue weighted by Gasteiger charge is -2.31. The molecule has 0 bridgehead atoms. The summed E-state index contributed by atoms with van der Waals surface area (Å²) in [7, 11) is 3.11. The molecule has 1 unspecified atom stereocenters. The fourth-order valence-corrected chi connectivity index (χ4v) is 4.67. The number of rotatable bonds is 11. The number of nitrogens with zero attached hydrogens (tertiary/aromatic N) is 2. The maximum Gasteiger partial charge on any atom is 0.322 e. The monoisotopic (exact) mass is 509 g/mol. The maximum absolute atomic E-state index is 13.6. The fourth-order valence-electron chi connectivity index (χ4n) is 3.74. The molecule has 0 radical (unpaired) electrons. The Morgan fingerprint density at radius 2 is 1.67 bits per heavy atom. The van der Waals surface area contributed by atoms with Gasteiger partial charge in [-0.05, 0) is 42.8 Å². The second kappa shape index (κ2) is 13.0. The van der Waals surface area contributed by atoms with Crippen LogP contribution < -0.4 is 14.8 Å². The summed E-state index contributed by atoms with van der Waals surface area (Å²) in [6, 6.07) is 16.7. The SMILES string of the molecule is CCC(C)N(CC(=O)N(Cc1ccccc1)Cc1sccc1C)C(=O)Nc1cc(OC)cc(OC)c1. The van der Waals surface area contributed by atoms with Crippen LogP contribution in [0.2, 0.25) is 0 Å². The highest BCUT2D eigenvalue weighted by molar-refractivity contribution is 7.10. The molecule has 1 heterocycles. The zero-order valence-electron chi connectivity index (χ0n) is 21.6. The number of hydrogen-bond donors (Lipinski definition) is 1. The Morgan fingerprint density at radius 3 is 2.22 bits per heavy atom. The molecule has 1 atom stereocenters. The first-order valence-corrected chi connectivity index (χ1v) is 12.9. The van der Waals surface area contributed by atoms with E-state index in [1.807, 2.05) is 54.5 Å². The van der Waals surface area contributed by atoms with Crippen LogP contribution in [0, 0.1) is 6.92 Å². The lowest BCUT2D eigenvalue weighted by molar-refractivity contribution is -0.133. The smallest absolute Gasteiger partial charge is 0.322 e. The van der Waals surface area contributed by atoms with E-state index in [1.165, 1.54) is 0 Å². The summed E-state index contributed by atoms with van der Waals surface area (Å²) in [4.78, 5) is 31.6. The Hall–Kier alpha value is -3.52. The number of methoxy groups -OCH3 is 2. The van der Waals surface area contributed by atoms with E-state index in [9.17, 15) is 9.59 Å². The van der Waals surface area contributed by atoms with Crippen LogP contribution in [0.4, 0.5) is 10.5 Å². The van der Waals surface area contributed by atoms with Gasteiger partial charge in [-0.2, -0.15) is 0 Å². The Labute approximate surface area is 217 Å². The molecule has 8 heteroatoms. The summed E-state index contributed by atoms with van der Waals surface area (Å²) < 4.78 is 10.6. The number of amides is 3. The van der Waals surface area contributed by atoms with Gasteiger partial charge in [0.25, 0.3) is 0 Å². The highest BCUT2D eigenvalue weighted by Gasteiger charge is 2.26. The van der Waals surface area contributed by atoms with Crippen molar-refractivity contribution in [3.05, 3.63) is 76.0 Å². The molecule has 0 spiro atoms. The van der Waals surface area contributed by atoms with Crippen molar-refractivity contribution < 1.29 is 19.1 Å². The minimum Gasteiger partial charge on any atom is -0.497 e. The number of aryl methyl sites for hydroxylation is 1. The standard InChI is InChI=1S/C28H35N3O4S/c1-6-21(3)31(28(33)29-23-14-24(34-4)16-25(15-23)35-5)19-27(32)30(17-22-10-8-7-9-11-22)18-26-20(2)12-13-36-26/h7-16,21H,6,17-19H2,1-5H3,(H,29,33). The van der Waals surface area contributed by atoms with Crippen LogP contribution in [0.25, 0.3) is 0 Å². The minimum absolute atomic E-state index is 0.0286. The van der Waals surface area contributed by atoms with Crippen LogP contribution in [-0.4, -0.2) is 48.5 Å². The summed E-state index contributed by atoms with van der Waals surface area (Å²) in [6.45, 7) is 6.95. The largest absolute Gasteiger partial charge is 0.497 e. The molecule has 0 aliphatic rings. The van der Waals surface area contributed by atoms with E-state index in [0.29, 0.717) is 36.7 Å². The number of ether oxygens (including phenoxy) is 2.